The Morgan fingerprint density at radius 1 is 0.623 bits per heavy atom. The molecule has 2 atom stereocenters. The van der Waals surface area contributed by atoms with E-state index in [1.165, 1.54) is 83.5 Å². The summed E-state index contributed by atoms with van der Waals surface area (Å²) in [5.41, 5.74) is 0. The van der Waals surface area contributed by atoms with Gasteiger partial charge in [0, 0.05) is 6.42 Å². The Bertz CT molecular complexity index is 989. The minimum absolute atomic E-state index is 0.0407. The van der Waals surface area contributed by atoms with E-state index < -0.39 is 13.9 Å². The van der Waals surface area contributed by atoms with E-state index in [9.17, 15) is 14.3 Å². The summed E-state index contributed by atoms with van der Waals surface area (Å²) in [7, 11) is 1.62. The average Bonchev–Trinajstić information content (AvgIpc) is 3.11. The number of hydrogen-bond donors (Lipinski definition) is 1. The monoisotopic (exact) mass is 769 g/mol. The summed E-state index contributed by atoms with van der Waals surface area (Å²) in [6.45, 7) is 4.80. The molecule has 0 bridgehead atoms. The number of carbonyl (C=O) groups excluding carboxylic acids is 1. The number of ether oxygens (including phenoxy) is 2. The van der Waals surface area contributed by atoms with Gasteiger partial charge in [-0.15, -0.1) is 0 Å². The molecule has 0 fully saturated rings. The third kappa shape index (κ3) is 41.3. The zero-order valence-electron chi connectivity index (χ0n) is 35.0. The Labute approximate surface area is 327 Å². The first-order valence-electron chi connectivity index (χ1n) is 21.4. The van der Waals surface area contributed by atoms with Crippen molar-refractivity contribution >= 4 is 13.8 Å². The Hall–Kier alpha value is -1.70. The molecule has 0 rings (SSSR count). The van der Waals surface area contributed by atoms with E-state index in [-0.39, 0.29) is 25.8 Å². The van der Waals surface area contributed by atoms with Crippen LogP contribution in [0.2, 0.25) is 0 Å². The molecule has 0 aliphatic rings. The highest BCUT2D eigenvalue weighted by Gasteiger charge is 2.26. The fraction of sp³-hybridized carbons (Fsp3) is 0.795. The highest BCUT2D eigenvalue weighted by Crippen LogP contribution is 2.43. The summed E-state index contributed by atoms with van der Waals surface area (Å²) >= 11 is 0. The van der Waals surface area contributed by atoms with Crippen LogP contribution in [0.3, 0.4) is 0 Å². The van der Waals surface area contributed by atoms with Gasteiger partial charge < -0.3 is 18.9 Å². The number of unbranched alkanes of at least 4 members (excludes halogenated alkanes) is 19. The van der Waals surface area contributed by atoms with Crippen molar-refractivity contribution in [2.75, 3.05) is 47.5 Å². The molecule has 53 heavy (non-hydrogen) atoms. The normalized spacial score (nSPS) is 14.2. The second-order valence-corrected chi connectivity index (χ2v) is 16.9. The minimum atomic E-state index is -4.29. The number of phosphoric ester groups is 1. The highest BCUT2D eigenvalue weighted by molar-refractivity contribution is 7.47. The van der Waals surface area contributed by atoms with Gasteiger partial charge in [-0.25, -0.2) is 4.57 Å². The van der Waals surface area contributed by atoms with Crippen LogP contribution in [0.25, 0.3) is 0 Å². The largest absolute Gasteiger partial charge is 0.498 e. The third-order valence-corrected chi connectivity index (χ3v) is 9.95. The van der Waals surface area contributed by atoms with Crippen LogP contribution in [0.4, 0.5) is 0 Å². The van der Waals surface area contributed by atoms with Crippen molar-refractivity contribution in [2.45, 2.75) is 180 Å². The van der Waals surface area contributed by atoms with Gasteiger partial charge in [0.2, 0.25) is 0 Å². The van der Waals surface area contributed by atoms with Gasteiger partial charge in [-0.1, -0.05) is 153 Å². The molecular weight excluding hydrogens is 685 g/mol. The SMILES string of the molecule is CC/C=C\C/C=C\C/C=C\CCCCCCCC(=O)OC(CO/C=C\CCCCCCCCCCCCCCCC)COP(=O)(O)OCC[N+](C)(C)C. The van der Waals surface area contributed by atoms with Crippen LogP contribution in [-0.4, -0.2) is 69.0 Å². The van der Waals surface area contributed by atoms with Crippen LogP contribution in [0.1, 0.15) is 174 Å². The van der Waals surface area contributed by atoms with Gasteiger partial charge in [-0.2, -0.15) is 0 Å². The minimum Gasteiger partial charge on any atom is -0.498 e. The number of phosphoric acid groups is 1. The van der Waals surface area contributed by atoms with Gasteiger partial charge in [0.25, 0.3) is 0 Å². The molecule has 0 aliphatic carbocycles. The number of rotatable bonds is 39. The molecule has 0 heterocycles. The Kier molecular flexibility index (Phi) is 36.0. The summed E-state index contributed by atoms with van der Waals surface area (Å²) in [6.07, 6.45) is 45.2. The molecule has 9 heteroatoms. The van der Waals surface area contributed by atoms with Crippen molar-refractivity contribution < 1.29 is 37.3 Å². The van der Waals surface area contributed by atoms with E-state index in [0.29, 0.717) is 17.4 Å². The first-order chi connectivity index (χ1) is 25.6. The lowest BCUT2D eigenvalue weighted by Crippen LogP contribution is -2.37. The molecular formula is C44H83NO7P+. The van der Waals surface area contributed by atoms with Gasteiger partial charge in [-0.05, 0) is 57.4 Å². The second kappa shape index (κ2) is 37.2. The van der Waals surface area contributed by atoms with Crippen LogP contribution in [-0.2, 0) is 27.9 Å². The lowest BCUT2D eigenvalue weighted by Gasteiger charge is -2.24. The highest BCUT2D eigenvalue weighted by atomic mass is 31.2. The first kappa shape index (κ1) is 51.3. The van der Waals surface area contributed by atoms with Crippen LogP contribution in [0.15, 0.2) is 48.8 Å². The smallest absolute Gasteiger partial charge is 0.472 e. The molecule has 0 aromatic rings. The zero-order valence-corrected chi connectivity index (χ0v) is 35.9. The fourth-order valence-electron chi connectivity index (χ4n) is 5.65. The van der Waals surface area contributed by atoms with Crippen LogP contribution in [0.5, 0.6) is 0 Å². The van der Waals surface area contributed by atoms with Crippen molar-refractivity contribution in [3.8, 4) is 0 Å². The van der Waals surface area contributed by atoms with Gasteiger partial charge >= 0.3 is 13.8 Å². The Balaban J connectivity index is 4.33. The van der Waals surface area contributed by atoms with Crippen LogP contribution < -0.4 is 0 Å². The number of esters is 1. The molecule has 0 radical (unpaired) electrons. The van der Waals surface area contributed by atoms with Gasteiger partial charge in [0.1, 0.15) is 19.8 Å². The summed E-state index contributed by atoms with van der Waals surface area (Å²) in [5.74, 6) is -0.353. The van der Waals surface area contributed by atoms with E-state index in [1.54, 1.807) is 6.26 Å². The maximum atomic E-state index is 12.7. The number of allylic oxidation sites excluding steroid dienone is 7. The predicted octanol–water partition coefficient (Wildman–Crippen LogP) is 12.7. The summed E-state index contributed by atoms with van der Waals surface area (Å²) < 4.78 is 34.7. The predicted molar refractivity (Wildman–Crippen MR) is 224 cm³/mol. The van der Waals surface area contributed by atoms with E-state index in [0.717, 1.165) is 70.6 Å². The molecule has 2 unspecified atom stereocenters. The molecule has 1 N–H and O–H groups in total. The third-order valence-electron chi connectivity index (χ3n) is 8.97. The van der Waals surface area contributed by atoms with Crippen molar-refractivity contribution in [1.29, 1.82) is 0 Å². The molecule has 0 saturated carbocycles. The number of hydrogen-bond acceptors (Lipinski definition) is 6. The van der Waals surface area contributed by atoms with E-state index in [2.05, 4.69) is 50.3 Å². The number of carbonyl (C=O) groups is 1. The standard InChI is InChI=1S/C44H82NO7P/c1-6-8-10-12-14-16-18-20-22-24-26-28-30-32-34-36-39-49-41-43(42-51-53(47,48)50-40-38-45(3,4)5)52-44(46)37-35-33-31-29-27-25-23-21-19-17-15-13-11-9-7-2/h9,11,15,17,21,23,36,39,43H,6-8,10,12-14,16,18-20,22,24-35,37-38,40-42H2,1-5H3/p+1/b11-9-,17-15-,23-21-,39-36-. The summed E-state index contributed by atoms with van der Waals surface area (Å²) in [5, 5.41) is 0. The quantitative estimate of drug-likeness (QED) is 0.0166. The second-order valence-electron chi connectivity index (χ2n) is 15.4. The Morgan fingerprint density at radius 2 is 1.11 bits per heavy atom. The molecule has 0 spiro atoms. The van der Waals surface area contributed by atoms with Crippen LogP contribution >= 0.6 is 7.82 Å². The van der Waals surface area contributed by atoms with Gasteiger partial charge in [-0.3, -0.25) is 13.8 Å². The van der Waals surface area contributed by atoms with Crippen molar-refractivity contribution in [3.05, 3.63) is 48.8 Å². The van der Waals surface area contributed by atoms with E-state index >= 15 is 0 Å². The molecule has 8 nitrogen and oxygen atoms in total. The number of nitrogens with zero attached hydrogens (tertiary/aromatic N) is 1. The summed E-state index contributed by atoms with van der Waals surface area (Å²) in [4.78, 5) is 22.8. The van der Waals surface area contributed by atoms with Gasteiger partial charge in [0.05, 0.1) is 34.0 Å². The molecule has 0 amide bonds. The maximum Gasteiger partial charge on any atom is 0.472 e. The molecule has 0 aromatic heterocycles. The van der Waals surface area contributed by atoms with Crippen LogP contribution in [0, 0.1) is 0 Å². The van der Waals surface area contributed by atoms with E-state index in [4.69, 9.17) is 18.5 Å². The van der Waals surface area contributed by atoms with E-state index in [1.807, 2.05) is 27.2 Å². The lowest BCUT2D eigenvalue weighted by molar-refractivity contribution is -0.870. The lowest BCUT2D eigenvalue weighted by atomic mass is 10.0. The summed E-state index contributed by atoms with van der Waals surface area (Å²) in [6, 6.07) is 0. The number of quaternary nitrogens is 1. The van der Waals surface area contributed by atoms with Crippen molar-refractivity contribution in [2.24, 2.45) is 0 Å². The average molecular weight is 769 g/mol. The first-order valence-corrected chi connectivity index (χ1v) is 22.9. The Morgan fingerprint density at radius 3 is 1.66 bits per heavy atom. The van der Waals surface area contributed by atoms with Gasteiger partial charge in [0.15, 0.2) is 6.10 Å². The molecule has 0 saturated heterocycles. The number of likely N-dealkylation sites (N-methyl/N-ethyl adjacent to an activating group) is 1. The fourth-order valence-corrected chi connectivity index (χ4v) is 6.39. The topological polar surface area (TPSA) is 91.3 Å². The van der Waals surface area contributed by atoms with Crippen molar-refractivity contribution in [1.82, 2.24) is 0 Å². The maximum absolute atomic E-state index is 12.7. The van der Waals surface area contributed by atoms with Crippen molar-refractivity contribution in [3.63, 3.8) is 0 Å². The zero-order chi connectivity index (χ0) is 39.1. The molecule has 0 aromatic carbocycles. The molecule has 310 valence electrons. The molecule has 0 aliphatic heterocycles.